The van der Waals surface area contributed by atoms with Crippen molar-refractivity contribution in [2.45, 2.75) is 71.3 Å². The van der Waals surface area contributed by atoms with E-state index in [4.69, 9.17) is 18.5 Å². The van der Waals surface area contributed by atoms with E-state index in [1.807, 2.05) is 34.1 Å². The third kappa shape index (κ3) is 19.4. The lowest BCUT2D eigenvalue weighted by Crippen LogP contribution is -2.37. The van der Waals surface area contributed by atoms with Gasteiger partial charge in [-0.1, -0.05) is 38.3 Å². The molecule has 32 heavy (non-hydrogen) atoms. The molecule has 2 atom stereocenters. The van der Waals surface area contributed by atoms with Crippen LogP contribution in [-0.2, 0) is 32.7 Å². The number of likely N-dealkylation sites (N-methyl/N-ethyl adjacent to an activating group) is 1. The molecule has 188 valence electrons. The number of quaternary nitrogens is 1. The first-order chi connectivity index (χ1) is 15.0. The van der Waals surface area contributed by atoms with Crippen molar-refractivity contribution in [3.05, 3.63) is 12.2 Å². The van der Waals surface area contributed by atoms with Crippen LogP contribution in [0.2, 0.25) is 0 Å². The Labute approximate surface area is 193 Å². The second kappa shape index (κ2) is 17.3. The summed E-state index contributed by atoms with van der Waals surface area (Å²) in [6, 6.07) is 0. The van der Waals surface area contributed by atoms with Gasteiger partial charge in [0, 0.05) is 12.8 Å². The van der Waals surface area contributed by atoms with Crippen LogP contribution in [0.25, 0.3) is 0 Å². The Balaban J connectivity index is 4.43. The van der Waals surface area contributed by atoms with E-state index in [0.29, 0.717) is 17.4 Å². The van der Waals surface area contributed by atoms with Gasteiger partial charge in [0.05, 0.1) is 27.7 Å². The maximum absolute atomic E-state index is 12.2. The standard InChI is InChI=1S/C22H42NO8P/c1-6-8-9-10-11-12-13-14-15-22(25)31-20(18-28-21(24)7-2)19-30-32(26,27)29-17-16-23(3,4)5/h6,8,20H,7,9-19H2,1-5H3/p+1/b8-6+/t20-/m0/s1. The van der Waals surface area contributed by atoms with E-state index in [1.165, 1.54) is 0 Å². The minimum absolute atomic E-state index is 0.0291. The zero-order chi connectivity index (χ0) is 24.5. The van der Waals surface area contributed by atoms with E-state index in [0.717, 1.165) is 32.1 Å². The summed E-state index contributed by atoms with van der Waals surface area (Å²) in [6.07, 6.45) is 9.58. The summed E-state index contributed by atoms with van der Waals surface area (Å²) in [7, 11) is 1.45. The second-order valence-electron chi connectivity index (χ2n) is 8.64. The molecule has 0 spiro atoms. The SMILES string of the molecule is C/C=C/CCCCCCCC(=O)O[C@@H](COC(=O)CC)COP(=O)(O)OCC[N+](C)(C)C. The molecule has 0 rings (SSSR count). The molecule has 0 aliphatic carbocycles. The van der Waals surface area contributed by atoms with Gasteiger partial charge in [0.2, 0.25) is 0 Å². The highest BCUT2D eigenvalue weighted by atomic mass is 31.2. The monoisotopic (exact) mass is 480 g/mol. The highest BCUT2D eigenvalue weighted by Gasteiger charge is 2.26. The molecule has 1 N–H and O–H groups in total. The maximum Gasteiger partial charge on any atom is 0.472 e. The molecule has 1 unspecified atom stereocenters. The largest absolute Gasteiger partial charge is 0.472 e. The van der Waals surface area contributed by atoms with E-state index in [-0.39, 0.29) is 26.1 Å². The third-order valence-electron chi connectivity index (χ3n) is 4.44. The molecule has 10 heteroatoms. The molecule has 0 fully saturated rings. The van der Waals surface area contributed by atoms with E-state index >= 15 is 0 Å². The normalized spacial score (nSPS) is 14.8. The van der Waals surface area contributed by atoms with Crippen molar-refractivity contribution < 1.29 is 42.1 Å². The summed E-state index contributed by atoms with van der Waals surface area (Å²) in [6.45, 7) is 3.53. The van der Waals surface area contributed by atoms with E-state index in [9.17, 15) is 19.0 Å². The molecule has 0 aliphatic rings. The highest BCUT2D eigenvalue weighted by molar-refractivity contribution is 7.47. The minimum Gasteiger partial charge on any atom is -0.462 e. The van der Waals surface area contributed by atoms with Crippen LogP contribution in [0.5, 0.6) is 0 Å². The molecule has 0 saturated carbocycles. The number of rotatable bonds is 19. The Morgan fingerprint density at radius 1 is 1.00 bits per heavy atom. The summed E-state index contributed by atoms with van der Waals surface area (Å²) >= 11 is 0. The van der Waals surface area contributed by atoms with Crippen LogP contribution in [0.1, 0.15) is 65.2 Å². The number of hydrogen-bond donors (Lipinski definition) is 1. The molecule has 0 saturated heterocycles. The first kappa shape index (κ1) is 30.8. The van der Waals surface area contributed by atoms with Gasteiger partial charge in [-0.15, -0.1) is 0 Å². The summed E-state index contributed by atoms with van der Waals surface area (Å²) in [5, 5.41) is 0. The number of allylic oxidation sites excluding steroid dienone is 2. The molecule has 0 aromatic rings. The number of phosphoric acid groups is 1. The van der Waals surface area contributed by atoms with Crippen molar-refractivity contribution in [1.82, 2.24) is 0 Å². The van der Waals surface area contributed by atoms with E-state index in [1.54, 1.807) is 6.92 Å². The van der Waals surface area contributed by atoms with Crippen LogP contribution in [0.15, 0.2) is 12.2 Å². The fourth-order valence-electron chi connectivity index (χ4n) is 2.52. The third-order valence-corrected chi connectivity index (χ3v) is 5.43. The molecule has 0 bridgehead atoms. The summed E-state index contributed by atoms with van der Waals surface area (Å²) < 4.78 is 32.9. The van der Waals surface area contributed by atoms with Crippen LogP contribution in [-0.4, -0.2) is 74.9 Å². The van der Waals surface area contributed by atoms with Crippen molar-refractivity contribution in [1.29, 1.82) is 0 Å². The fraction of sp³-hybridized carbons (Fsp3) is 0.818. The minimum atomic E-state index is -4.32. The van der Waals surface area contributed by atoms with Gasteiger partial charge in [-0.05, 0) is 26.2 Å². The number of ether oxygens (including phenoxy) is 2. The Morgan fingerprint density at radius 2 is 1.66 bits per heavy atom. The molecule has 0 aliphatic heterocycles. The van der Waals surface area contributed by atoms with Crippen LogP contribution in [0.4, 0.5) is 0 Å². The van der Waals surface area contributed by atoms with Crippen LogP contribution >= 0.6 is 7.82 Å². The average Bonchev–Trinajstić information content (AvgIpc) is 2.70. The van der Waals surface area contributed by atoms with Gasteiger partial charge in [-0.25, -0.2) is 4.57 Å². The van der Waals surface area contributed by atoms with Crippen molar-refractivity contribution in [3.8, 4) is 0 Å². The first-order valence-electron chi connectivity index (χ1n) is 11.4. The Bertz CT molecular complexity index is 603. The number of carbonyl (C=O) groups is 2. The van der Waals surface area contributed by atoms with Gasteiger partial charge >= 0.3 is 19.8 Å². The second-order valence-corrected chi connectivity index (χ2v) is 10.1. The summed E-state index contributed by atoms with van der Waals surface area (Å²) in [5.41, 5.74) is 0. The number of unbranched alkanes of at least 4 members (excludes halogenated alkanes) is 5. The average molecular weight is 481 g/mol. The van der Waals surface area contributed by atoms with E-state index in [2.05, 4.69) is 6.08 Å². The van der Waals surface area contributed by atoms with Gasteiger partial charge in [-0.3, -0.25) is 18.6 Å². The van der Waals surface area contributed by atoms with Gasteiger partial charge < -0.3 is 18.9 Å². The molecule has 0 amide bonds. The zero-order valence-electron chi connectivity index (χ0n) is 20.4. The lowest BCUT2D eigenvalue weighted by molar-refractivity contribution is -0.870. The molecule has 9 nitrogen and oxygen atoms in total. The van der Waals surface area contributed by atoms with Gasteiger partial charge in [-0.2, -0.15) is 0 Å². The van der Waals surface area contributed by atoms with Crippen molar-refractivity contribution >= 4 is 19.8 Å². The van der Waals surface area contributed by atoms with Crippen molar-refractivity contribution in [3.63, 3.8) is 0 Å². The predicted octanol–water partition coefficient (Wildman–Crippen LogP) is 4.00. The fourth-order valence-corrected chi connectivity index (χ4v) is 3.26. The Morgan fingerprint density at radius 3 is 2.28 bits per heavy atom. The first-order valence-corrected chi connectivity index (χ1v) is 12.9. The van der Waals surface area contributed by atoms with Gasteiger partial charge in [0.1, 0.15) is 19.8 Å². The van der Waals surface area contributed by atoms with Crippen molar-refractivity contribution in [2.24, 2.45) is 0 Å². The van der Waals surface area contributed by atoms with Crippen LogP contribution in [0.3, 0.4) is 0 Å². The lowest BCUT2D eigenvalue weighted by atomic mass is 10.1. The molecule has 0 heterocycles. The molecular formula is C22H43NO8P+. The maximum atomic E-state index is 12.2. The molecule has 0 radical (unpaired) electrons. The summed E-state index contributed by atoms with van der Waals surface area (Å²) in [5.74, 6) is -0.922. The number of phosphoric ester groups is 1. The zero-order valence-corrected chi connectivity index (χ0v) is 21.3. The predicted molar refractivity (Wildman–Crippen MR) is 123 cm³/mol. The Kier molecular flexibility index (Phi) is 16.6. The molecule has 0 aromatic carbocycles. The molecular weight excluding hydrogens is 437 g/mol. The van der Waals surface area contributed by atoms with Crippen LogP contribution in [0, 0.1) is 0 Å². The number of hydrogen-bond acceptors (Lipinski definition) is 7. The number of nitrogens with zero attached hydrogens (tertiary/aromatic N) is 1. The van der Waals surface area contributed by atoms with Gasteiger partial charge in [0.15, 0.2) is 6.10 Å². The number of carbonyl (C=O) groups excluding carboxylic acids is 2. The lowest BCUT2D eigenvalue weighted by Gasteiger charge is -2.24. The smallest absolute Gasteiger partial charge is 0.462 e. The Hall–Kier alpha value is -1.25. The molecule has 0 aromatic heterocycles. The van der Waals surface area contributed by atoms with E-state index < -0.39 is 32.5 Å². The number of esters is 2. The van der Waals surface area contributed by atoms with Crippen LogP contribution < -0.4 is 0 Å². The van der Waals surface area contributed by atoms with Gasteiger partial charge in [0.25, 0.3) is 0 Å². The summed E-state index contributed by atoms with van der Waals surface area (Å²) in [4.78, 5) is 33.4. The quantitative estimate of drug-likeness (QED) is 0.0972. The highest BCUT2D eigenvalue weighted by Crippen LogP contribution is 2.43. The van der Waals surface area contributed by atoms with Crippen molar-refractivity contribution in [2.75, 3.05) is 47.5 Å². The topological polar surface area (TPSA) is 108 Å².